The number of halogens is 1. The van der Waals surface area contributed by atoms with Crippen LogP contribution < -0.4 is 26.0 Å². The third-order valence-corrected chi connectivity index (χ3v) is 7.85. The van der Waals surface area contributed by atoms with Crippen molar-refractivity contribution in [2.24, 2.45) is 5.92 Å². The molecule has 0 unspecified atom stereocenters. The molecule has 0 radical (unpaired) electrons. The van der Waals surface area contributed by atoms with Crippen LogP contribution in [0.15, 0.2) is 48.5 Å². The maximum absolute atomic E-state index is 13.5. The summed E-state index contributed by atoms with van der Waals surface area (Å²) >= 11 is 0. The summed E-state index contributed by atoms with van der Waals surface area (Å²) in [5, 5.41) is 11.6. The smallest absolute Gasteiger partial charge is 0.255 e. The highest BCUT2D eigenvalue weighted by Crippen LogP contribution is 2.31. The van der Waals surface area contributed by atoms with Crippen LogP contribution in [0, 0.1) is 11.7 Å². The number of hydrogen-bond donors (Lipinski definition) is 4. The monoisotopic (exact) mass is 566 g/mol. The predicted molar refractivity (Wildman–Crippen MR) is 152 cm³/mol. The molecule has 1 aliphatic carbocycles. The fourth-order valence-electron chi connectivity index (χ4n) is 5.27. The van der Waals surface area contributed by atoms with Crippen molar-refractivity contribution in [1.29, 1.82) is 0 Å². The minimum atomic E-state index is -1.02. The molecule has 1 saturated carbocycles. The number of carbonyl (C=O) groups is 4. The van der Waals surface area contributed by atoms with Crippen LogP contribution in [0.4, 0.5) is 4.39 Å². The lowest BCUT2D eigenvalue weighted by Crippen LogP contribution is -2.60. The van der Waals surface area contributed by atoms with Gasteiger partial charge in [0.25, 0.3) is 5.91 Å². The molecule has 0 saturated heterocycles. The van der Waals surface area contributed by atoms with E-state index in [0.717, 1.165) is 18.4 Å². The predicted octanol–water partition coefficient (Wildman–Crippen LogP) is 3.03. The number of hydrogen-bond acceptors (Lipinski definition) is 5. The van der Waals surface area contributed by atoms with Crippen LogP contribution in [0.1, 0.15) is 68.3 Å². The number of amides is 4. The molecule has 4 N–H and O–H groups in total. The summed E-state index contributed by atoms with van der Waals surface area (Å²) in [7, 11) is 0. The number of benzene rings is 2. The molecule has 1 fully saturated rings. The molecule has 2 aromatic carbocycles. The first-order valence-corrected chi connectivity index (χ1v) is 14.3. The van der Waals surface area contributed by atoms with E-state index in [-0.39, 0.29) is 61.1 Å². The molecule has 0 aromatic heterocycles. The zero-order valence-electron chi connectivity index (χ0n) is 23.6. The van der Waals surface area contributed by atoms with Gasteiger partial charge < -0.3 is 26.0 Å². The molecule has 2 atom stereocenters. The van der Waals surface area contributed by atoms with E-state index >= 15 is 0 Å². The van der Waals surface area contributed by atoms with Crippen molar-refractivity contribution in [3.63, 3.8) is 0 Å². The second-order valence-corrected chi connectivity index (χ2v) is 11.2. The van der Waals surface area contributed by atoms with Crippen molar-refractivity contribution < 1.29 is 28.3 Å². The van der Waals surface area contributed by atoms with Crippen LogP contribution in [0.5, 0.6) is 5.75 Å². The first-order valence-electron chi connectivity index (χ1n) is 14.3. The molecular weight excluding hydrogens is 527 g/mol. The summed E-state index contributed by atoms with van der Waals surface area (Å²) < 4.78 is 19.3. The minimum absolute atomic E-state index is 0.0350. The van der Waals surface area contributed by atoms with E-state index in [4.69, 9.17) is 4.74 Å². The van der Waals surface area contributed by atoms with Gasteiger partial charge in [-0.1, -0.05) is 51.0 Å². The number of carbonyl (C=O) groups excluding carboxylic acids is 4. The maximum atomic E-state index is 13.5. The van der Waals surface area contributed by atoms with E-state index in [1.165, 1.54) is 12.1 Å². The summed E-state index contributed by atoms with van der Waals surface area (Å²) in [6, 6.07) is 11.4. The van der Waals surface area contributed by atoms with Gasteiger partial charge in [0.1, 0.15) is 29.8 Å². The molecule has 1 spiro atoms. The molecule has 220 valence electrons. The summed E-state index contributed by atoms with van der Waals surface area (Å²) in [5.74, 6) is -1.51. The molecular formula is C31H39FN4O5. The van der Waals surface area contributed by atoms with Crippen LogP contribution in [0.3, 0.4) is 0 Å². The summed E-state index contributed by atoms with van der Waals surface area (Å²) in [6.07, 6.45) is 3.15. The lowest BCUT2D eigenvalue weighted by molar-refractivity contribution is -0.134. The van der Waals surface area contributed by atoms with Crippen LogP contribution in [-0.2, 0) is 20.8 Å². The molecule has 0 bridgehead atoms. The third kappa shape index (κ3) is 7.83. The van der Waals surface area contributed by atoms with Crippen molar-refractivity contribution in [1.82, 2.24) is 21.3 Å². The highest BCUT2D eigenvalue weighted by molar-refractivity contribution is 6.00. The number of rotatable bonds is 5. The SMILES string of the molecule is CC(C)[C@@H]1COc2ccccc2C(=O)N[C@H](C(=O)NCCc2ccc(F)cc2)CCC(=O)NC2(CCCC2)C(=O)N1. The van der Waals surface area contributed by atoms with E-state index in [9.17, 15) is 23.6 Å². The van der Waals surface area contributed by atoms with E-state index < -0.39 is 23.4 Å². The normalized spacial score (nSPS) is 21.5. The average molecular weight is 567 g/mol. The van der Waals surface area contributed by atoms with Gasteiger partial charge in [-0.15, -0.1) is 0 Å². The zero-order valence-corrected chi connectivity index (χ0v) is 23.6. The van der Waals surface area contributed by atoms with Crippen molar-refractivity contribution in [3.8, 4) is 5.75 Å². The van der Waals surface area contributed by atoms with Gasteiger partial charge in [-0.3, -0.25) is 19.2 Å². The van der Waals surface area contributed by atoms with Gasteiger partial charge in [0.2, 0.25) is 17.7 Å². The minimum Gasteiger partial charge on any atom is -0.491 e. The first-order chi connectivity index (χ1) is 19.7. The molecule has 9 nitrogen and oxygen atoms in total. The maximum Gasteiger partial charge on any atom is 0.255 e. The van der Waals surface area contributed by atoms with Gasteiger partial charge >= 0.3 is 0 Å². The van der Waals surface area contributed by atoms with Gasteiger partial charge in [0.05, 0.1) is 11.6 Å². The Bertz CT molecular complexity index is 1240. The second kappa shape index (κ2) is 13.6. The molecule has 41 heavy (non-hydrogen) atoms. The lowest BCUT2D eigenvalue weighted by atomic mass is 9.94. The molecule has 4 rings (SSSR count). The highest BCUT2D eigenvalue weighted by atomic mass is 19.1. The van der Waals surface area contributed by atoms with E-state index in [1.807, 2.05) is 13.8 Å². The number of nitrogens with one attached hydrogen (secondary N) is 4. The molecule has 1 heterocycles. The highest BCUT2D eigenvalue weighted by Gasteiger charge is 2.43. The summed E-state index contributed by atoms with van der Waals surface area (Å²) in [6.45, 7) is 4.34. The Balaban J connectivity index is 1.55. The van der Waals surface area contributed by atoms with Gasteiger partial charge in [-0.2, -0.15) is 0 Å². The fourth-order valence-corrected chi connectivity index (χ4v) is 5.27. The van der Waals surface area contributed by atoms with Crippen molar-refractivity contribution in [3.05, 3.63) is 65.5 Å². The summed E-state index contributed by atoms with van der Waals surface area (Å²) in [4.78, 5) is 53.2. The average Bonchev–Trinajstić information content (AvgIpc) is 3.43. The third-order valence-electron chi connectivity index (χ3n) is 7.85. The van der Waals surface area contributed by atoms with Crippen molar-refractivity contribution >= 4 is 23.6 Å². The Kier molecular flexibility index (Phi) is 9.96. The molecule has 2 aromatic rings. The van der Waals surface area contributed by atoms with Crippen molar-refractivity contribution in [2.45, 2.75) is 76.4 Å². The van der Waals surface area contributed by atoms with E-state index in [1.54, 1.807) is 36.4 Å². The standard InChI is InChI=1S/C31H39FN4O5/c1-20(2)25-19-41-26-8-4-3-7-23(26)28(38)34-24(29(39)33-18-15-21-9-11-22(32)12-10-21)13-14-27(37)36-31(30(40)35-25)16-5-6-17-31/h3-4,7-12,20,24-25H,5-6,13-19H2,1-2H3,(H,33,39)(H,34,38)(H,35,40)(H,36,37)/t24-,25-/m0/s1. The van der Waals surface area contributed by atoms with Gasteiger partial charge in [0.15, 0.2) is 0 Å². The van der Waals surface area contributed by atoms with Crippen molar-refractivity contribution in [2.75, 3.05) is 13.2 Å². The lowest BCUT2D eigenvalue weighted by Gasteiger charge is -2.32. The Morgan fingerprint density at radius 1 is 1.05 bits per heavy atom. The topological polar surface area (TPSA) is 126 Å². The van der Waals surface area contributed by atoms with Gasteiger partial charge in [-0.25, -0.2) is 4.39 Å². The van der Waals surface area contributed by atoms with E-state index in [0.29, 0.717) is 25.0 Å². The number of fused-ring (bicyclic) bond motifs is 1. The molecule has 2 aliphatic rings. The van der Waals surface area contributed by atoms with Crippen LogP contribution in [0.2, 0.25) is 0 Å². The van der Waals surface area contributed by atoms with E-state index in [2.05, 4.69) is 21.3 Å². The first kappa shape index (κ1) is 30.0. The fraction of sp³-hybridized carbons (Fsp3) is 0.484. The zero-order chi connectivity index (χ0) is 29.4. The van der Waals surface area contributed by atoms with Gasteiger partial charge in [0, 0.05) is 13.0 Å². The van der Waals surface area contributed by atoms with Gasteiger partial charge in [-0.05, 0) is 61.4 Å². The largest absolute Gasteiger partial charge is 0.491 e. The number of ether oxygens (including phenoxy) is 1. The quantitative estimate of drug-likeness (QED) is 0.443. The van der Waals surface area contributed by atoms with Crippen LogP contribution in [-0.4, -0.2) is 54.4 Å². The Morgan fingerprint density at radius 2 is 1.76 bits per heavy atom. The Labute approximate surface area is 240 Å². The summed E-state index contributed by atoms with van der Waals surface area (Å²) in [5.41, 5.74) is 0.0819. The molecule has 4 amide bonds. The van der Waals surface area contributed by atoms with Crippen LogP contribution in [0.25, 0.3) is 0 Å². The molecule has 10 heteroatoms. The van der Waals surface area contributed by atoms with Crippen LogP contribution >= 0.6 is 0 Å². The number of para-hydroxylation sites is 1. The second-order valence-electron chi connectivity index (χ2n) is 11.2. The Morgan fingerprint density at radius 3 is 2.46 bits per heavy atom. The molecule has 1 aliphatic heterocycles. The Hall–Kier alpha value is -3.95.